The Morgan fingerprint density at radius 1 is 1.26 bits per heavy atom. The molecule has 2 rings (SSSR count). The minimum absolute atomic E-state index is 0.261. The molecule has 0 aliphatic carbocycles. The molecule has 0 aliphatic rings. The van der Waals surface area contributed by atoms with Crippen LogP contribution in [0.4, 0.5) is 0 Å². The van der Waals surface area contributed by atoms with Gasteiger partial charge in [0.25, 0.3) is 0 Å². The van der Waals surface area contributed by atoms with E-state index >= 15 is 0 Å². The number of imidazole rings is 1. The summed E-state index contributed by atoms with van der Waals surface area (Å²) in [7, 11) is 0. The number of carbonyl (C=O) groups excluding carboxylic acids is 1. The van der Waals surface area contributed by atoms with Gasteiger partial charge >= 0.3 is 0 Å². The normalized spacial score (nSPS) is 12.0. The highest BCUT2D eigenvalue weighted by Crippen LogP contribution is 2.16. The zero-order chi connectivity index (χ0) is 14.0. The number of nitrogens with zero attached hydrogens (tertiary/aromatic N) is 2. The fourth-order valence-corrected chi connectivity index (χ4v) is 2.18. The van der Waals surface area contributed by atoms with Crippen molar-refractivity contribution >= 4 is 16.8 Å². The first-order valence-corrected chi connectivity index (χ1v) is 6.94. The van der Waals surface area contributed by atoms with Gasteiger partial charge in [0.2, 0.25) is 6.33 Å². The number of hydrogen-bond acceptors (Lipinski definition) is 1. The zero-order valence-corrected chi connectivity index (χ0v) is 12.3. The molecule has 2 aromatic rings. The molecule has 0 fully saturated rings. The van der Waals surface area contributed by atoms with E-state index in [2.05, 4.69) is 34.5 Å². The molecule has 1 aromatic carbocycles. The van der Waals surface area contributed by atoms with E-state index < -0.39 is 0 Å². The number of aryl methyl sites for hydroxylation is 1. The predicted molar refractivity (Wildman–Crippen MR) is 76.9 cm³/mol. The van der Waals surface area contributed by atoms with E-state index in [1.807, 2.05) is 32.9 Å². The van der Waals surface area contributed by atoms with Crippen LogP contribution in [0, 0.1) is 5.41 Å². The highest BCUT2D eigenvalue weighted by atomic mass is 16.1. The Morgan fingerprint density at radius 2 is 1.95 bits per heavy atom. The Hall–Kier alpha value is -1.64. The predicted octanol–water partition coefficient (Wildman–Crippen LogP) is 2.95. The largest absolute Gasteiger partial charge is 0.295 e. The summed E-state index contributed by atoms with van der Waals surface area (Å²) in [5.41, 5.74) is 2.04. The van der Waals surface area contributed by atoms with Crippen molar-refractivity contribution in [1.29, 1.82) is 0 Å². The number of aromatic nitrogens is 2. The van der Waals surface area contributed by atoms with Crippen LogP contribution >= 0.6 is 0 Å². The van der Waals surface area contributed by atoms with Crippen LogP contribution in [0.2, 0.25) is 0 Å². The maximum Gasteiger partial charge on any atom is 0.245 e. The fraction of sp³-hybridized carbons (Fsp3) is 0.500. The van der Waals surface area contributed by atoms with E-state index in [4.69, 9.17) is 0 Å². The molecule has 0 spiro atoms. The minimum atomic E-state index is -0.291. The number of Topliss-reactive ketones (excluding diaryl/α,β-unsaturated/α-hetero) is 1. The molecule has 0 atom stereocenters. The Balaban J connectivity index is 2.41. The smallest absolute Gasteiger partial charge is 0.245 e. The third-order valence-electron chi connectivity index (χ3n) is 3.39. The van der Waals surface area contributed by atoms with Gasteiger partial charge in [0, 0.05) is 5.41 Å². The SMILES string of the molecule is CCCn1c[n+](CC(=O)C(C)(C)C)c2ccccc21. The van der Waals surface area contributed by atoms with Crippen LogP contribution in [0.1, 0.15) is 34.1 Å². The average Bonchev–Trinajstić information content (AvgIpc) is 2.68. The van der Waals surface area contributed by atoms with Crippen molar-refractivity contribution in [3.63, 3.8) is 0 Å². The van der Waals surface area contributed by atoms with Crippen molar-refractivity contribution in [3.8, 4) is 0 Å². The lowest BCUT2D eigenvalue weighted by Crippen LogP contribution is -2.41. The van der Waals surface area contributed by atoms with Crippen molar-refractivity contribution in [3.05, 3.63) is 30.6 Å². The quantitative estimate of drug-likeness (QED) is 0.775. The van der Waals surface area contributed by atoms with Gasteiger partial charge in [-0.15, -0.1) is 0 Å². The van der Waals surface area contributed by atoms with Crippen molar-refractivity contribution in [2.45, 2.75) is 47.2 Å². The third kappa shape index (κ3) is 2.86. The molecule has 0 radical (unpaired) electrons. The molecule has 19 heavy (non-hydrogen) atoms. The summed E-state index contributed by atoms with van der Waals surface area (Å²) in [6, 6.07) is 8.27. The highest BCUT2D eigenvalue weighted by Gasteiger charge is 2.25. The standard InChI is InChI=1S/C16H23N2O/c1-5-10-17-12-18(11-15(19)16(2,3)4)14-9-7-6-8-13(14)17/h6-9,12H,5,10-11H2,1-4H3/q+1. The number of benzene rings is 1. The summed E-state index contributed by atoms with van der Waals surface area (Å²) in [5, 5.41) is 0. The molecular weight excluding hydrogens is 236 g/mol. The van der Waals surface area contributed by atoms with E-state index in [0.717, 1.165) is 18.5 Å². The van der Waals surface area contributed by atoms with Crippen molar-refractivity contribution in [1.82, 2.24) is 4.57 Å². The summed E-state index contributed by atoms with van der Waals surface area (Å²) in [6.07, 6.45) is 3.16. The fourth-order valence-electron chi connectivity index (χ4n) is 2.18. The Kier molecular flexibility index (Phi) is 3.74. The van der Waals surface area contributed by atoms with Crippen LogP contribution in [0.15, 0.2) is 30.6 Å². The van der Waals surface area contributed by atoms with Gasteiger partial charge in [0.15, 0.2) is 16.8 Å². The second kappa shape index (κ2) is 5.16. The Bertz CT molecular complexity index is 590. The molecule has 1 aromatic heterocycles. The van der Waals surface area contributed by atoms with Gasteiger partial charge in [0.05, 0.1) is 6.54 Å². The summed E-state index contributed by atoms with van der Waals surface area (Å²) in [4.78, 5) is 12.2. The van der Waals surface area contributed by atoms with Gasteiger partial charge in [-0.05, 0) is 18.6 Å². The van der Waals surface area contributed by atoms with E-state index in [9.17, 15) is 4.79 Å². The second-order valence-electron chi connectivity index (χ2n) is 6.10. The zero-order valence-electron chi connectivity index (χ0n) is 12.3. The molecule has 0 N–H and O–H groups in total. The van der Waals surface area contributed by atoms with Gasteiger partial charge in [-0.3, -0.25) is 4.79 Å². The molecule has 0 saturated heterocycles. The van der Waals surface area contributed by atoms with E-state index in [-0.39, 0.29) is 11.2 Å². The maximum atomic E-state index is 12.2. The minimum Gasteiger partial charge on any atom is -0.295 e. The molecule has 102 valence electrons. The number of ketones is 1. The Morgan fingerprint density at radius 3 is 2.58 bits per heavy atom. The molecule has 0 amide bonds. The molecule has 3 heteroatoms. The van der Waals surface area contributed by atoms with Crippen LogP contribution in [0.3, 0.4) is 0 Å². The van der Waals surface area contributed by atoms with Crippen molar-refractivity contribution < 1.29 is 9.36 Å². The first kappa shape index (κ1) is 13.8. The first-order chi connectivity index (χ1) is 8.93. The van der Waals surface area contributed by atoms with Crippen LogP contribution in [-0.4, -0.2) is 10.4 Å². The van der Waals surface area contributed by atoms with Crippen molar-refractivity contribution in [2.75, 3.05) is 0 Å². The lowest BCUT2D eigenvalue weighted by Gasteiger charge is -2.14. The topological polar surface area (TPSA) is 25.9 Å². The summed E-state index contributed by atoms with van der Waals surface area (Å²) in [6.45, 7) is 9.51. The number of rotatable bonds is 4. The van der Waals surface area contributed by atoms with Gasteiger partial charge in [-0.25, -0.2) is 9.13 Å². The number of fused-ring (bicyclic) bond motifs is 1. The summed E-state index contributed by atoms with van der Waals surface area (Å²) < 4.78 is 4.30. The molecule has 3 nitrogen and oxygen atoms in total. The van der Waals surface area contributed by atoms with Gasteiger partial charge < -0.3 is 0 Å². The van der Waals surface area contributed by atoms with Gasteiger partial charge in [-0.1, -0.05) is 39.8 Å². The highest BCUT2D eigenvalue weighted by molar-refractivity contribution is 5.83. The van der Waals surface area contributed by atoms with Gasteiger partial charge in [-0.2, -0.15) is 0 Å². The second-order valence-corrected chi connectivity index (χ2v) is 6.10. The lowest BCUT2D eigenvalue weighted by molar-refractivity contribution is -0.659. The van der Waals surface area contributed by atoms with Crippen molar-refractivity contribution in [2.24, 2.45) is 5.41 Å². The molecular formula is C16H23N2O+. The third-order valence-corrected chi connectivity index (χ3v) is 3.39. The number of hydrogen-bond donors (Lipinski definition) is 0. The molecule has 0 aliphatic heterocycles. The first-order valence-electron chi connectivity index (χ1n) is 6.94. The average molecular weight is 259 g/mol. The van der Waals surface area contributed by atoms with Crippen LogP contribution in [0.5, 0.6) is 0 Å². The molecule has 0 unspecified atom stereocenters. The molecule has 0 saturated carbocycles. The maximum absolute atomic E-state index is 12.2. The lowest BCUT2D eigenvalue weighted by atomic mass is 9.91. The van der Waals surface area contributed by atoms with Crippen LogP contribution in [0.25, 0.3) is 11.0 Å². The number of carbonyl (C=O) groups is 1. The van der Waals surface area contributed by atoms with E-state index in [0.29, 0.717) is 6.54 Å². The van der Waals surface area contributed by atoms with E-state index in [1.54, 1.807) is 0 Å². The Labute approximate surface area is 114 Å². The van der Waals surface area contributed by atoms with E-state index in [1.165, 1.54) is 5.52 Å². The van der Waals surface area contributed by atoms with Gasteiger partial charge in [0.1, 0.15) is 6.54 Å². The summed E-state index contributed by atoms with van der Waals surface area (Å²) >= 11 is 0. The number of para-hydroxylation sites is 2. The summed E-state index contributed by atoms with van der Waals surface area (Å²) in [5.74, 6) is 0.261. The van der Waals surface area contributed by atoms with Crippen LogP contribution < -0.4 is 4.57 Å². The van der Waals surface area contributed by atoms with Crippen LogP contribution in [-0.2, 0) is 17.9 Å². The molecule has 1 heterocycles. The monoisotopic (exact) mass is 259 g/mol. The molecule has 0 bridgehead atoms.